The number of methoxy groups -OCH3 is 1. The molecule has 3 aromatic rings. The first-order chi connectivity index (χ1) is 17.4. The number of benzene rings is 2. The molecule has 0 spiro atoms. The van der Waals surface area contributed by atoms with E-state index in [0.29, 0.717) is 38.7 Å². The molecule has 1 amide bonds. The van der Waals surface area contributed by atoms with Crippen LogP contribution in [0, 0.1) is 29.6 Å². The molecule has 0 bridgehead atoms. The molecular weight excluding hydrogens is 538 g/mol. The largest absolute Gasteiger partial charge is 0.493 e. The lowest BCUT2D eigenvalue weighted by atomic mass is 9.96. The highest BCUT2D eigenvalue weighted by molar-refractivity contribution is 9.10. The monoisotopic (exact) mass is 561 g/mol. The molecule has 0 saturated carbocycles. The van der Waals surface area contributed by atoms with Crippen molar-refractivity contribution in [1.82, 2.24) is 0 Å². The molecule has 182 valence electrons. The van der Waals surface area contributed by atoms with Gasteiger partial charge in [-0.1, -0.05) is 29.8 Å². The molecule has 1 aliphatic rings. The molecule has 0 radical (unpaired) electrons. The van der Waals surface area contributed by atoms with Gasteiger partial charge in [0.1, 0.15) is 29.3 Å². The molecule has 1 aliphatic carbocycles. The van der Waals surface area contributed by atoms with E-state index in [4.69, 9.17) is 9.47 Å². The fourth-order valence-electron chi connectivity index (χ4n) is 4.06. The van der Waals surface area contributed by atoms with Crippen molar-refractivity contribution in [3.8, 4) is 23.6 Å². The second-order valence-electron chi connectivity index (χ2n) is 8.46. The summed E-state index contributed by atoms with van der Waals surface area (Å²) in [5.74, 6) is 0.446. The number of aryl methyl sites for hydroxylation is 2. The van der Waals surface area contributed by atoms with Crippen LogP contribution in [0.25, 0.3) is 6.08 Å². The fraction of sp³-hybridized carbons (Fsp3) is 0.250. The van der Waals surface area contributed by atoms with E-state index in [0.717, 1.165) is 41.7 Å². The Morgan fingerprint density at radius 2 is 1.94 bits per heavy atom. The Labute approximate surface area is 222 Å². The molecule has 0 saturated heterocycles. The third-order valence-corrected chi connectivity index (χ3v) is 7.74. The van der Waals surface area contributed by atoms with E-state index < -0.39 is 5.91 Å². The molecule has 0 aliphatic heterocycles. The minimum absolute atomic E-state index is 0.0764. The number of carbonyl (C=O) groups is 1. The Balaban J connectivity index is 1.55. The lowest BCUT2D eigenvalue weighted by molar-refractivity contribution is -0.112. The predicted molar refractivity (Wildman–Crippen MR) is 144 cm³/mol. The summed E-state index contributed by atoms with van der Waals surface area (Å²) in [7, 11) is 1.54. The first-order valence-electron chi connectivity index (χ1n) is 11.5. The molecule has 1 aromatic heterocycles. The number of carbonyl (C=O) groups excluding carboxylic acids is 1. The summed E-state index contributed by atoms with van der Waals surface area (Å²) in [6, 6.07) is 15.7. The Bertz CT molecular complexity index is 1410. The Hall–Kier alpha value is -3.59. The van der Waals surface area contributed by atoms with Crippen molar-refractivity contribution in [1.29, 1.82) is 10.5 Å². The standard InChI is InChI=1S/C28H24BrN3O3S/c1-17-7-9-18(10-8-17)16-35-26-23(29)12-19(13-24(26)34-2)11-20(14-30)27(33)32-28-22(15-31)21-5-3-4-6-25(21)36-28/h7-13H,3-6,16H2,1-2H3,(H,32,33)/b20-11+. The summed E-state index contributed by atoms with van der Waals surface area (Å²) in [5.41, 5.74) is 4.26. The van der Waals surface area contributed by atoms with Crippen molar-refractivity contribution in [3.63, 3.8) is 0 Å². The van der Waals surface area contributed by atoms with Crippen LogP contribution in [0.15, 0.2) is 46.4 Å². The molecule has 8 heteroatoms. The number of anilines is 1. The van der Waals surface area contributed by atoms with E-state index in [1.54, 1.807) is 12.1 Å². The van der Waals surface area contributed by atoms with Crippen LogP contribution in [0.4, 0.5) is 5.00 Å². The van der Waals surface area contributed by atoms with Crippen molar-refractivity contribution < 1.29 is 14.3 Å². The zero-order valence-corrected chi connectivity index (χ0v) is 22.4. The van der Waals surface area contributed by atoms with E-state index in [1.807, 2.05) is 37.3 Å². The Kier molecular flexibility index (Phi) is 8.10. The number of nitrogens with one attached hydrogen (secondary N) is 1. The van der Waals surface area contributed by atoms with Crippen LogP contribution in [0.2, 0.25) is 0 Å². The molecule has 2 aromatic carbocycles. The zero-order chi connectivity index (χ0) is 25.7. The smallest absolute Gasteiger partial charge is 0.266 e. The van der Waals surface area contributed by atoms with Crippen LogP contribution in [-0.2, 0) is 24.2 Å². The van der Waals surface area contributed by atoms with E-state index in [2.05, 4.69) is 27.3 Å². The maximum atomic E-state index is 12.9. The van der Waals surface area contributed by atoms with Crippen LogP contribution < -0.4 is 14.8 Å². The van der Waals surface area contributed by atoms with Gasteiger partial charge in [-0.3, -0.25) is 4.79 Å². The molecule has 1 heterocycles. The number of fused-ring (bicyclic) bond motifs is 1. The van der Waals surface area contributed by atoms with E-state index >= 15 is 0 Å². The number of hydrogen-bond acceptors (Lipinski definition) is 6. The van der Waals surface area contributed by atoms with Gasteiger partial charge in [0, 0.05) is 4.88 Å². The number of amides is 1. The second-order valence-corrected chi connectivity index (χ2v) is 10.4. The quantitative estimate of drug-likeness (QED) is 0.255. The van der Waals surface area contributed by atoms with Gasteiger partial charge < -0.3 is 14.8 Å². The van der Waals surface area contributed by atoms with Crippen molar-refractivity contribution in [2.75, 3.05) is 12.4 Å². The van der Waals surface area contributed by atoms with Gasteiger partial charge in [-0.15, -0.1) is 11.3 Å². The molecule has 0 fully saturated rings. The normalized spacial score (nSPS) is 12.8. The Morgan fingerprint density at radius 3 is 2.64 bits per heavy atom. The summed E-state index contributed by atoms with van der Waals surface area (Å²) >= 11 is 4.95. The van der Waals surface area contributed by atoms with Crippen LogP contribution in [-0.4, -0.2) is 13.0 Å². The summed E-state index contributed by atoms with van der Waals surface area (Å²) in [6.07, 6.45) is 5.37. The van der Waals surface area contributed by atoms with Crippen LogP contribution in [0.1, 0.15) is 45.5 Å². The third kappa shape index (κ3) is 5.62. The first kappa shape index (κ1) is 25.5. The molecule has 0 atom stereocenters. The number of hydrogen-bond donors (Lipinski definition) is 1. The van der Waals surface area contributed by atoms with Crippen LogP contribution >= 0.6 is 27.3 Å². The topological polar surface area (TPSA) is 95.1 Å². The number of halogens is 1. The number of ether oxygens (including phenoxy) is 2. The molecule has 6 nitrogen and oxygen atoms in total. The highest BCUT2D eigenvalue weighted by Crippen LogP contribution is 2.39. The SMILES string of the molecule is COc1cc(/C=C(\C#N)C(=O)Nc2sc3c(c2C#N)CCCC3)cc(Br)c1OCc1ccc(C)cc1. The van der Waals surface area contributed by atoms with Gasteiger partial charge in [0.2, 0.25) is 0 Å². The lowest BCUT2D eigenvalue weighted by Crippen LogP contribution is -2.13. The van der Waals surface area contributed by atoms with Gasteiger partial charge in [0.25, 0.3) is 5.91 Å². The Morgan fingerprint density at radius 1 is 1.19 bits per heavy atom. The van der Waals surface area contributed by atoms with E-state index in [1.165, 1.54) is 30.1 Å². The van der Waals surface area contributed by atoms with Crippen molar-refractivity contribution in [2.45, 2.75) is 39.2 Å². The summed E-state index contributed by atoms with van der Waals surface area (Å²) < 4.78 is 12.2. The molecule has 0 unspecified atom stereocenters. The van der Waals surface area contributed by atoms with Gasteiger partial charge in [-0.25, -0.2) is 0 Å². The summed E-state index contributed by atoms with van der Waals surface area (Å²) in [5, 5.41) is 22.6. The zero-order valence-electron chi connectivity index (χ0n) is 20.0. The highest BCUT2D eigenvalue weighted by atomic mass is 79.9. The minimum Gasteiger partial charge on any atom is -0.493 e. The molecular formula is C28H24BrN3O3S. The van der Waals surface area contributed by atoms with Crippen molar-refractivity contribution in [3.05, 3.63) is 79.1 Å². The van der Waals surface area contributed by atoms with Gasteiger partial charge in [0.05, 0.1) is 17.1 Å². The number of nitriles is 2. The minimum atomic E-state index is -0.553. The number of nitrogens with zero attached hydrogens (tertiary/aromatic N) is 2. The average molecular weight is 562 g/mol. The second kappa shape index (κ2) is 11.4. The number of thiophene rings is 1. The van der Waals surface area contributed by atoms with Gasteiger partial charge in [-0.2, -0.15) is 10.5 Å². The van der Waals surface area contributed by atoms with Crippen LogP contribution in [0.3, 0.4) is 0 Å². The van der Waals surface area contributed by atoms with E-state index in [-0.39, 0.29) is 5.57 Å². The van der Waals surface area contributed by atoms with Gasteiger partial charge >= 0.3 is 0 Å². The molecule has 4 rings (SSSR count). The molecule has 36 heavy (non-hydrogen) atoms. The van der Waals surface area contributed by atoms with Gasteiger partial charge in [0.15, 0.2) is 11.5 Å². The lowest BCUT2D eigenvalue weighted by Gasteiger charge is -2.14. The average Bonchev–Trinajstić information content (AvgIpc) is 3.24. The third-order valence-electron chi connectivity index (χ3n) is 5.94. The highest BCUT2D eigenvalue weighted by Gasteiger charge is 2.23. The first-order valence-corrected chi connectivity index (χ1v) is 13.1. The molecule has 1 N–H and O–H groups in total. The van der Waals surface area contributed by atoms with Crippen molar-refractivity contribution >= 4 is 44.3 Å². The predicted octanol–water partition coefficient (Wildman–Crippen LogP) is 6.70. The van der Waals surface area contributed by atoms with Crippen LogP contribution in [0.5, 0.6) is 11.5 Å². The maximum absolute atomic E-state index is 12.9. The fourth-order valence-corrected chi connectivity index (χ4v) is 5.87. The summed E-state index contributed by atoms with van der Waals surface area (Å²) in [4.78, 5) is 14.1. The van der Waals surface area contributed by atoms with Crippen molar-refractivity contribution in [2.24, 2.45) is 0 Å². The summed E-state index contributed by atoms with van der Waals surface area (Å²) in [6.45, 7) is 2.39. The van der Waals surface area contributed by atoms with Gasteiger partial charge in [-0.05, 0) is 83.4 Å². The van der Waals surface area contributed by atoms with E-state index in [9.17, 15) is 15.3 Å². The number of rotatable bonds is 7. The maximum Gasteiger partial charge on any atom is 0.266 e.